The number of carbonyl (C=O) groups is 1. The number of esters is 1. The van der Waals surface area contributed by atoms with Crippen LogP contribution in [0, 0.1) is 0 Å². The molecule has 2 aliphatic heterocycles. The van der Waals surface area contributed by atoms with Crippen molar-refractivity contribution in [1.29, 1.82) is 0 Å². The standard InChI is InChI=1S/C28H29NO6/c1-31-22-14-12-21(13-15-22)28-33-18-23-25(35-28)26(32-17-19-8-4-2-5-9-19)24(16-29-23)34-27(30)20-10-6-3-7-11-20/h2-15,23-26,28-29H,16-18H2,1H3/t23-,24+,25-,26-,28?/m1/s1. The summed E-state index contributed by atoms with van der Waals surface area (Å²) in [7, 11) is 1.63. The lowest BCUT2D eigenvalue weighted by Crippen LogP contribution is -2.65. The molecule has 2 aliphatic rings. The Balaban J connectivity index is 1.35. The molecular formula is C28H29NO6. The van der Waals surface area contributed by atoms with Gasteiger partial charge in [0.1, 0.15) is 24.1 Å². The van der Waals surface area contributed by atoms with Crippen LogP contribution in [0.4, 0.5) is 0 Å². The average molecular weight is 476 g/mol. The van der Waals surface area contributed by atoms with Gasteiger partial charge in [-0.2, -0.15) is 0 Å². The second kappa shape index (κ2) is 11.0. The Morgan fingerprint density at radius 2 is 1.69 bits per heavy atom. The molecule has 0 aromatic heterocycles. The van der Waals surface area contributed by atoms with Crippen molar-refractivity contribution in [3.05, 3.63) is 102 Å². The molecule has 0 radical (unpaired) electrons. The molecular weight excluding hydrogens is 446 g/mol. The molecule has 0 aliphatic carbocycles. The van der Waals surface area contributed by atoms with E-state index in [1.165, 1.54) is 0 Å². The summed E-state index contributed by atoms with van der Waals surface area (Å²) in [6, 6.07) is 26.4. The van der Waals surface area contributed by atoms with Crippen LogP contribution in [0.25, 0.3) is 0 Å². The second-order valence-electron chi connectivity index (χ2n) is 8.62. The maximum atomic E-state index is 12.9. The normalized spacial score (nSPS) is 25.9. The highest BCUT2D eigenvalue weighted by molar-refractivity contribution is 5.89. The summed E-state index contributed by atoms with van der Waals surface area (Å²) in [4.78, 5) is 12.9. The molecule has 0 spiro atoms. The van der Waals surface area contributed by atoms with Gasteiger partial charge in [0, 0.05) is 12.1 Å². The van der Waals surface area contributed by atoms with Crippen molar-refractivity contribution < 1.29 is 28.5 Å². The molecule has 1 unspecified atom stereocenters. The van der Waals surface area contributed by atoms with Gasteiger partial charge in [-0.3, -0.25) is 0 Å². The van der Waals surface area contributed by atoms with Crippen LogP contribution in [-0.4, -0.2) is 50.6 Å². The fraction of sp³-hybridized carbons (Fsp3) is 0.321. The number of benzene rings is 3. The fourth-order valence-corrected chi connectivity index (χ4v) is 4.43. The summed E-state index contributed by atoms with van der Waals surface area (Å²) in [5.74, 6) is 0.377. The summed E-state index contributed by atoms with van der Waals surface area (Å²) in [6.07, 6.45) is -1.93. The van der Waals surface area contributed by atoms with E-state index < -0.39 is 18.5 Å². The molecule has 0 saturated carbocycles. The van der Waals surface area contributed by atoms with Crippen LogP contribution in [0.5, 0.6) is 5.75 Å². The van der Waals surface area contributed by atoms with Crippen molar-refractivity contribution in [3.63, 3.8) is 0 Å². The fourth-order valence-electron chi connectivity index (χ4n) is 4.43. The van der Waals surface area contributed by atoms with Crippen molar-refractivity contribution in [1.82, 2.24) is 5.32 Å². The molecule has 3 aromatic carbocycles. The van der Waals surface area contributed by atoms with Crippen molar-refractivity contribution in [2.45, 2.75) is 37.3 Å². The van der Waals surface area contributed by atoms with E-state index in [0.29, 0.717) is 25.3 Å². The number of nitrogens with one attached hydrogen (secondary N) is 1. The summed E-state index contributed by atoms with van der Waals surface area (Å²) >= 11 is 0. The number of carbonyl (C=O) groups excluding carboxylic acids is 1. The van der Waals surface area contributed by atoms with Crippen LogP contribution in [0.3, 0.4) is 0 Å². The predicted octanol–water partition coefficient (Wildman–Crippen LogP) is 3.89. The third-order valence-electron chi connectivity index (χ3n) is 6.32. The molecule has 182 valence electrons. The first-order valence-corrected chi connectivity index (χ1v) is 11.8. The summed E-state index contributed by atoms with van der Waals surface area (Å²) in [5, 5.41) is 3.42. The summed E-state index contributed by atoms with van der Waals surface area (Å²) in [5.41, 5.74) is 2.42. The van der Waals surface area contributed by atoms with Crippen molar-refractivity contribution in [3.8, 4) is 5.75 Å². The third kappa shape index (κ3) is 5.55. The molecule has 5 atom stereocenters. The number of hydrogen-bond acceptors (Lipinski definition) is 7. The Bertz CT molecular complexity index is 1090. The second-order valence-corrected chi connectivity index (χ2v) is 8.62. The quantitative estimate of drug-likeness (QED) is 0.520. The van der Waals surface area contributed by atoms with Gasteiger partial charge in [0.15, 0.2) is 6.29 Å². The zero-order chi connectivity index (χ0) is 24.0. The van der Waals surface area contributed by atoms with E-state index in [9.17, 15) is 4.79 Å². The molecule has 5 rings (SSSR count). The molecule has 35 heavy (non-hydrogen) atoms. The maximum absolute atomic E-state index is 12.9. The van der Waals surface area contributed by atoms with Gasteiger partial charge in [0.05, 0.1) is 31.9 Å². The van der Waals surface area contributed by atoms with Crippen molar-refractivity contribution >= 4 is 5.97 Å². The first-order chi connectivity index (χ1) is 17.2. The number of ether oxygens (including phenoxy) is 5. The Labute approximate surface area is 204 Å². The third-order valence-corrected chi connectivity index (χ3v) is 6.32. The molecule has 2 saturated heterocycles. The Morgan fingerprint density at radius 1 is 0.971 bits per heavy atom. The van der Waals surface area contributed by atoms with Gasteiger partial charge >= 0.3 is 5.97 Å². The van der Waals surface area contributed by atoms with E-state index in [4.69, 9.17) is 23.7 Å². The molecule has 0 amide bonds. The zero-order valence-electron chi connectivity index (χ0n) is 19.5. The molecule has 7 nitrogen and oxygen atoms in total. The van der Waals surface area contributed by atoms with Gasteiger partial charge in [-0.05, 0) is 29.8 Å². The maximum Gasteiger partial charge on any atom is 0.338 e. The van der Waals surface area contributed by atoms with E-state index in [0.717, 1.165) is 16.9 Å². The minimum Gasteiger partial charge on any atom is -0.497 e. The summed E-state index contributed by atoms with van der Waals surface area (Å²) < 4.78 is 30.0. The molecule has 1 N–H and O–H groups in total. The molecule has 0 bridgehead atoms. The van der Waals surface area contributed by atoms with Gasteiger partial charge in [-0.1, -0.05) is 60.7 Å². The highest BCUT2D eigenvalue weighted by atomic mass is 16.7. The first kappa shape index (κ1) is 23.5. The van der Waals surface area contributed by atoms with Gasteiger partial charge < -0.3 is 29.0 Å². The highest BCUT2D eigenvalue weighted by Gasteiger charge is 2.47. The van der Waals surface area contributed by atoms with Crippen molar-refractivity contribution in [2.75, 3.05) is 20.3 Å². The Morgan fingerprint density at radius 3 is 2.40 bits per heavy atom. The van der Waals surface area contributed by atoms with Crippen LogP contribution in [-0.2, 0) is 25.6 Å². The number of hydrogen-bond donors (Lipinski definition) is 1. The average Bonchev–Trinajstić information content (AvgIpc) is 2.93. The molecule has 2 heterocycles. The Kier molecular flexibility index (Phi) is 7.39. The van der Waals surface area contributed by atoms with Crippen LogP contribution in [0.15, 0.2) is 84.9 Å². The zero-order valence-corrected chi connectivity index (χ0v) is 19.5. The first-order valence-electron chi connectivity index (χ1n) is 11.8. The van der Waals surface area contributed by atoms with E-state index >= 15 is 0 Å². The van der Waals surface area contributed by atoms with E-state index in [-0.39, 0.29) is 18.1 Å². The van der Waals surface area contributed by atoms with E-state index in [2.05, 4.69) is 5.32 Å². The van der Waals surface area contributed by atoms with Gasteiger partial charge in [-0.25, -0.2) is 4.79 Å². The van der Waals surface area contributed by atoms with Gasteiger partial charge in [-0.15, -0.1) is 0 Å². The largest absolute Gasteiger partial charge is 0.497 e. The lowest BCUT2D eigenvalue weighted by Gasteiger charge is -2.46. The lowest BCUT2D eigenvalue weighted by molar-refractivity contribution is -0.274. The molecule has 2 fully saturated rings. The van der Waals surface area contributed by atoms with Crippen LogP contribution in [0.2, 0.25) is 0 Å². The smallest absolute Gasteiger partial charge is 0.338 e. The van der Waals surface area contributed by atoms with E-state index in [1.807, 2.05) is 72.8 Å². The Hall–Kier alpha value is -3.23. The van der Waals surface area contributed by atoms with Crippen LogP contribution in [0.1, 0.15) is 27.8 Å². The SMILES string of the molecule is COc1ccc(C2OC[C@H]3NC[C@H](OC(=O)c4ccccc4)[C@@H](OCc4ccccc4)[C@@H]3O2)cc1. The van der Waals surface area contributed by atoms with Crippen molar-refractivity contribution in [2.24, 2.45) is 0 Å². The van der Waals surface area contributed by atoms with Crippen LogP contribution < -0.4 is 10.1 Å². The number of fused-ring (bicyclic) bond motifs is 1. The van der Waals surface area contributed by atoms with Gasteiger partial charge in [0.25, 0.3) is 0 Å². The monoisotopic (exact) mass is 475 g/mol. The topological polar surface area (TPSA) is 75.2 Å². The highest BCUT2D eigenvalue weighted by Crippen LogP contribution is 2.33. The van der Waals surface area contributed by atoms with Gasteiger partial charge in [0.2, 0.25) is 0 Å². The minimum absolute atomic E-state index is 0.0862. The number of piperidine rings is 1. The minimum atomic E-state index is -0.560. The molecule has 7 heteroatoms. The summed E-state index contributed by atoms with van der Waals surface area (Å²) in [6.45, 7) is 1.27. The number of methoxy groups -OCH3 is 1. The molecule has 3 aromatic rings. The number of rotatable bonds is 7. The lowest BCUT2D eigenvalue weighted by atomic mass is 9.94. The predicted molar refractivity (Wildman–Crippen MR) is 129 cm³/mol. The van der Waals surface area contributed by atoms with E-state index in [1.54, 1.807) is 19.2 Å². The van der Waals surface area contributed by atoms with Crippen LogP contribution >= 0.6 is 0 Å².